The van der Waals surface area contributed by atoms with Crippen LogP contribution in [0.4, 0.5) is 0 Å². The number of rotatable bonds is 5. The fraction of sp³-hybridized carbons (Fsp3) is 0.536. The monoisotopic (exact) mass is 476 g/mol. The molecular weight excluding hydrogens is 440 g/mol. The predicted molar refractivity (Wildman–Crippen MR) is 134 cm³/mol. The molecule has 0 spiro atoms. The number of nitrogens with one attached hydrogen (secondary N) is 2. The van der Waals surface area contributed by atoms with Crippen molar-refractivity contribution < 1.29 is 14.4 Å². The Morgan fingerprint density at radius 2 is 1.86 bits per heavy atom. The fourth-order valence-electron chi connectivity index (χ4n) is 6.06. The Bertz CT molecular complexity index is 1140. The number of Topliss-reactive ketones (excluding diaryl/α,β-unsaturated/α-hetero) is 1. The van der Waals surface area contributed by atoms with Crippen LogP contribution in [0.5, 0.6) is 0 Å². The Morgan fingerprint density at radius 3 is 2.66 bits per heavy atom. The van der Waals surface area contributed by atoms with Crippen LogP contribution < -0.4 is 10.6 Å². The van der Waals surface area contributed by atoms with Gasteiger partial charge in [0, 0.05) is 30.9 Å². The number of fused-ring (bicyclic) bond motifs is 1. The zero-order chi connectivity index (χ0) is 24.7. The lowest BCUT2D eigenvalue weighted by atomic mass is 9.79. The highest BCUT2D eigenvalue weighted by Crippen LogP contribution is 2.38. The van der Waals surface area contributed by atoms with Crippen molar-refractivity contribution >= 4 is 17.6 Å². The molecule has 5 atom stereocenters. The minimum atomic E-state index is -0.421. The second-order valence-electron chi connectivity index (χ2n) is 10.7. The maximum absolute atomic E-state index is 13.6. The van der Waals surface area contributed by atoms with Crippen LogP contribution >= 0.6 is 0 Å². The van der Waals surface area contributed by atoms with Crippen LogP contribution in [0.25, 0.3) is 0 Å². The molecule has 2 heterocycles. The zero-order valence-corrected chi connectivity index (χ0v) is 20.9. The number of carbonyl (C=O) groups is 3. The summed E-state index contributed by atoms with van der Waals surface area (Å²) >= 11 is 0. The van der Waals surface area contributed by atoms with E-state index in [9.17, 15) is 14.4 Å². The first-order chi connectivity index (χ1) is 16.8. The van der Waals surface area contributed by atoms with Crippen LogP contribution in [0.3, 0.4) is 0 Å². The first-order valence-corrected chi connectivity index (χ1v) is 12.9. The number of benzene rings is 1. The maximum Gasteiger partial charge on any atom is 0.237 e. The van der Waals surface area contributed by atoms with Gasteiger partial charge in [-0.1, -0.05) is 24.3 Å². The first kappa shape index (κ1) is 23.8. The van der Waals surface area contributed by atoms with Crippen molar-refractivity contribution in [1.29, 1.82) is 0 Å². The minimum absolute atomic E-state index is 0.00321. The minimum Gasteiger partial charge on any atom is -0.351 e. The van der Waals surface area contributed by atoms with E-state index in [0.29, 0.717) is 6.54 Å². The van der Waals surface area contributed by atoms with Gasteiger partial charge in [0.25, 0.3) is 0 Å². The van der Waals surface area contributed by atoms with Crippen molar-refractivity contribution in [3.8, 4) is 0 Å². The number of carbonyl (C=O) groups excluding carboxylic acids is 3. The molecule has 186 valence electrons. The molecule has 2 aromatic rings. The summed E-state index contributed by atoms with van der Waals surface area (Å²) < 4.78 is 2.09. The van der Waals surface area contributed by atoms with E-state index in [0.717, 1.165) is 43.4 Å². The molecule has 1 aromatic heterocycles. The fourth-order valence-corrected chi connectivity index (χ4v) is 6.06. The Balaban J connectivity index is 1.36. The predicted octanol–water partition coefficient (Wildman–Crippen LogP) is 2.74. The molecule has 35 heavy (non-hydrogen) atoms. The summed E-state index contributed by atoms with van der Waals surface area (Å²) in [6.07, 6.45) is 6.77. The average molecular weight is 477 g/mol. The number of ketones is 1. The van der Waals surface area contributed by atoms with Crippen LogP contribution in [0, 0.1) is 5.92 Å². The lowest BCUT2D eigenvalue weighted by molar-refractivity contribution is -0.131. The van der Waals surface area contributed by atoms with Gasteiger partial charge in [-0.05, 0) is 75.9 Å². The normalized spacial score (nSPS) is 26.3. The second-order valence-corrected chi connectivity index (χ2v) is 10.7. The average Bonchev–Trinajstić information content (AvgIpc) is 3.18. The summed E-state index contributed by atoms with van der Waals surface area (Å²) in [6, 6.07) is 9.87. The van der Waals surface area contributed by atoms with Crippen LogP contribution in [0.2, 0.25) is 0 Å². The van der Waals surface area contributed by atoms with E-state index in [2.05, 4.69) is 33.4 Å². The van der Waals surface area contributed by atoms with E-state index in [-0.39, 0.29) is 42.1 Å². The van der Waals surface area contributed by atoms with E-state index >= 15 is 0 Å². The number of aryl methyl sites for hydroxylation is 2. The third-order valence-corrected chi connectivity index (χ3v) is 8.27. The largest absolute Gasteiger partial charge is 0.351 e. The van der Waals surface area contributed by atoms with E-state index in [1.54, 1.807) is 0 Å². The smallest absolute Gasteiger partial charge is 0.237 e. The Hall–Kier alpha value is -2.93. The Morgan fingerprint density at radius 1 is 1.06 bits per heavy atom. The van der Waals surface area contributed by atoms with Gasteiger partial charge in [-0.25, -0.2) is 0 Å². The standard InChI is InChI=1S/C28H36N4O3/c1-17(31(2)3)27(34)30-23-12-11-19-13-14-32-16-20(15-24(33)25(23)26(19)32)28(35)29-22-10-6-8-18-7-4-5-9-21(18)22/h4-5,7,9,13-14,17,20,22-23,25H,6,8,10-12,15-16H2,1-3H3,(H,29,35)(H,30,34). The molecular formula is C28H36N4O3. The Kier molecular flexibility index (Phi) is 6.53. The molecule has 5 unspecified atom stereocenters. The maximum atomic E-state index is 13.6. The summed E-state index contributed by atoms with van der Waals surface area (Å²) in [5, 5.41) is 6.43. The second kappa shape index (κ2) is 9.61. The van der Waals surface area contributed by atoms with Gasteiger partial charge in [0.15, 0.2) is 0 Å². The van der Waals surface area contributed by atoms with E-state index in [1.807, 2.05) is 44.2 Å². The quantitative estimate of drug-likeness (QED) is 0.695. The molecule has 0 saturated carbocycles. The van der Waals surface area contributed by atoms with Crippen molar-refractivity contribution in [2.45, 2.75) is 76.0 Å². The first-order valence-electron chi connectivity index (χ1n) is 12.9. The summed E-state index contributed by atoms with van der Waals surface area (Å²) in [5.74, 6) is -0.891. The number of aromatic nitrogens is 1. The molecule has 3 aliphatic rings. The molecule has 1 aliphatic heterocycles. The van der Waals surface area contributed by atoms with Gasteiger partial charge in [0.1, 0.15) is 5.78 Å². The number of amides is 2. The highest BCUT2D eigenvalue weighted by Gasteiger charge is 2.42. The van der Waals surface area contributed by atoms with Crippen molar-refractivity contribution in [2.75, 3.05) is 14.1 Å². The molecule has 1 aromatic carbocycles. The van der Waals surface area contributed by atoms with Gasteiger partial charge in [-0.3, -0.25) is 19.3 Å². The van der Waals surface area contributed by atoms with Gasteiger partial charge in [0.2, 0.25) is 11.8 Å². The van der Waals surface area contributed by atoms with Crippen molar-refractivity contribution in [3.05, 3.63) is 58.9 Å². The van der Waals surface area contributed by atoms with Gasteiger partial charge in [0.05, 0.1) is 23.9 Å². The Labute approximate surface area is 207 Å². The van der Waals surface area contributed by atoms with Crippen molar-refractivity contribution in [2.24, 2.45) is 5.92 Å². The molecule has 7 nitrogen and oxygen atoms in total. The third kappa shape index (κ3) is 4.54. The number of likely N-dealkylation sites (N-methyl/N-ethyl adjacent to an activating group) is 1. The molecule has 0 fully saturated rings. The van der Waals surface area contributed by atoms with E-state index in [1.165, 1.54) is 11.1 Å². The molecule has 0 saturated heterocycles. The highest BCUT2D eigenvalue weighted by atomic mass is 16.2. The molecule has 2 aliphatic carbocycles. The number of hydrogen-bond acceptors (Lipinski definition) is 4. The third-order valence-electron chi connectivity index (χ3n) is 8.27. The van der Waals surface area contributed by atoms with Crippen LogP contribution in [0.15, 0.2) is 36.5 Å². The highest BCUT2D eigenvalue weighted by molar-refractivity contribution is 5.93. The lowest BCUT2D eigenvalue weighted by Gasteiger charge is -2.33. The SMILES string of the molecule is CC(C(=O)NC1CCc2ccn3c2C1C(=O)CC(C(=O)NC1CCCc2ccccc21)C3)N(C)C. The molecule has 2 N–H and O–H groups in total. The van der Waals surface area contributed by atoms with Crippen LogP contribution in [-0.2, 0) is 33.8 Å². The lowest BCUT2D eigenvalue weighted by Crippen LogP contribution is -2.50. The van der Waals surface area contributed by atoms with E-state index < -0.39 is 11.8 Å². The molecule has 5 rings (SSSR count). The topological polar surface area (TPSA) is 83.4 Å². The van der Waals surface area contributed by atoms with Gasteiger partial charge in [-0.15, -0.1) is 0 Å². The number of nitrogens with zero attached hydrogens (tertiary/aromatic N) is 2. The summed E-state index contributed by atoms with van der Waals surface area (Å²) in [6.45, 7) is 2.36. The van der Waals surface area contributed by atoms with Gasteiger partial charge in [-0.2, -0.15) is 0 Å². The summed E-state index contributed by atoms with van der Waals surface area (Å²) in [5.41, 5.74) is 4.65. The van der Waals surface area contributed by atoms with Crippen LogP contribution in [0.1, 0.15) is 67.0 Å². The summed E-state index contributed by atoms with van der Waals surface area (Å²) in [4.78, 5) is 41.8. The van der Waals surface area contributed by atoms with Gasteiger partial charge >= 0.3 is 0 Å². The van der Waals surface area contributed by atoms with Crippen molar-refractivity contribution in [1.82, 2.24) is 20.1 Å². The molecule has 0 bridgehead atoms. The van der Waals surface area contributed by atoms with Gasteiger partial charge < -0.3 is 15.2 Å². The summed E-state index contributed by atoms with van der Waals surface area (Å²) in [7, 11) is 3.75. The van der Waals surface area contributed by atoms with Crippen molar-refractivity contribution in [3.63, 3.8) is 0 Å². The zero-order valence-electron chi connectivity index (χ0n) is 20.9. The van der Waals surface area contributed by atoms with E-state index in [4.69, 9.17) is 0 Å². The molecule has 7 heteroatoms. The number of hydrogen-bond donors (Lipinski definition) is 2. The molecule has 2 amide bonds. The molecule has 0 radical (unpaired) electrons. The van der Waals surface area contributed by atoms with Crippen LogP contribution in [-0.4, -0.2) is 53.2 Å².